The van der Waals surface area contributed by atoms with Crippen LogP contribution in [0.1, 0.15) is 10.4 Å². The molecule has 0 atom stereocenters. The van der Waals surface area contributed by atoms with Crippen molar-refractivity contribution < 1.29 is 22.4 Å². The number of rotatable bonds is 4. The highest BCUT2D eigenvalue weighted by atomic mass is 79.9. The van der Waals surface area contributed by atoms with Crippen LogP contribution in [0.25, 0.3) is 0 Å². The number of halogens is 6. The first kappa shape index (κ1) is 16.4. The molecule has 0 aliphatic carbocycles. The summed E-state index contributed by atoms with van der Waals surface area (Å²) in [5.74, 6) is -1.56. The third kappa shape index (κ3) is 5.48. The van der Waals surface area contributed by atoms with Crippen LogP contribution in [0, 0.1) is 5.82 Å². The predicted octanol–water partition coefficient (Wildman–Crippen LogP) is 3.99. The van der Waals surface area contributed by atoms with Gasteiger partial charge in [0.05, 0.1) is 0 Å². The molecule has 2 nitrogen and oxygen atoms in total. The Bertz CT molecular complexity index is 444. The first-order valence-corrected chi connectivity index (χ1v) is 7.02. The number of carbonyl (C=O) groups is 1. The maximum absolute atomic E-state index is 13.1. The van der Waals surface area contributed by atoms with Crippen molar-refractivity contribution in [2.75, 3.05) is 18.4 Å². The Balaban J connectivity index is 2.98. The van der Waals surface area contributed by atoms with Gasteiger partial charge in [-0.3, -0.25) is 4.79 Å². The molecular formula is C11H9Br2F4NO. The molecule has 0 radical (unpaired) electrons. The minimum atomic E-state index is -4.50. The van der Waals surface area contributed by atoms with Gasteiger partial charge in [-0.2, -0.15) is 13.2 Å². The van der Waals surface area contributed by atoms with Crippen molar-refractivity contribution in [2.45, 2.75) is 6.18 Å². The minimum absolute atomic E-state index is 0.119. The van der Waals surface area contributed by atoms with Crippen LogP contribution in [-0.2, 0) is 0 Å². The molecule has 0 N–H and O–H groups in total. The summed E-state index contributed by atoms with van der Waals surface area (Å²) in [4.78, 5) is 12.6. The van der Waals surface area contributed by atoms with E-state index in [1.165, 1.54) is 6.07 Å². The second-order valence-corrected chi connectivity index (χ2v) is 5.40. The summed E-state index contributed by atoms with van der Waals surface area (Å²) >= 11 is 5.97. The van der Waals surface area contributed by atoms with Crippen molar-refractivity contribution in [2.24, 2.45) is 0 Å². The summed E-state index contributed by atoms with van der Waals surface area (Å²) in [5, 5.41) is 0.200. The Labute approximate surface area is 124 Å². The van der Waals surface area contributed by atoms with Crippen LogP contribution in [0.3, 0.4) is 0 Å². The van der Waals surface area contributed by atoms with Gasteiger partial charge >= 0.3 is 6.18 Å². The molecule has 0 heterocycles. The van der Waals surface area contributed by atoms with E-state index >= 15 is 0 Å². The van der Waals surface area contributed by atoms with Gasteiger partial charge in [0, 0.05) is 21.9 Å². The third-order valence-corrected chi connectivity index (χ3v) is 2.93. The summed E-state index contributed by atoms with van der Waals surface area (Å²) in [6.45, 7) is -1.49. The van der Waals surface area contributed by atoms with Gasteiger partial charge in [0.2, 0.25) is 0 Å². The lowest BCUT2D eigenvalue weighted by molar-refractivity contribution is -0.140. The molecule has 0 aromatic heterocycles. The Morgan fingerprint density at radius 3 is 2.37 bits per heavy atom. The molecule has 1 aromatic carbocycles. The molecule has 1 rings (SSSR count). The summed E-state index contributed by atoms with van der Waals surface area (Å²) in [6, 6.07) is 3.31. The van der Waals surface area contributed by atoms with E-state index in [1.807, 2.05) is 0 Å². The topological polar surface area (TPSA) is 20.3 Å². The molecule has 0 aliphatic rings. The van der Waals surface area contributed by atoms with E-state index in [0.717, 1.165) is 12.1 Å². The van der Waals surface area contributed by atoms with Gasteiger partial charge < -0.3 is 4.90 Å². The molecule has 0 fully saturated rings. The minimum Gasteiger partial charge on any atom is -0.329 e. The molecule has 106 valence electrons. The van der Waals surface area contributed by atoms with Crippen molar-refractivity contribution in [3.05, 3.63) is 34.1 Å². The van der Waals surface area contributed by atoms with Crippen molar-refractivity contribution in [1.29, 1.82) is 0 Å². The lowest BCUT2D eigenvalue weighted by atomic mass is 10.2. The Morgan fingerprint density at radius 1 is 1.26 bits per heavy atom. The van der Waals surface area contributed by atoms with Crippen LogP contribution in [0.15, 0.2) is 22.7 Å². The van der Waals surface area contributed by atoms with Crippen molar-refractivity contribution >= 4 is 37.8 Å². The second-order valence-electron chi connectivity index (χ2n) is 3.69. The zero-order chi connectivity index (χ0) is 14.6. The number of alkyl halides is 4. The van der Waals surface area contributed by atoms with Crippen LogP contribution in [0.2, 0.25) is 0 Å². The van der Waals surface area contributed by atoms with Crippen molar-refractivity contribution in [1.82, 2.24) is 4.90 Å². The number of amides is 1. The number of nitrogens with zero attached hydrogens (tertiary/aromatic N) is 1. The highest BCUT2D eigenvalue weighted by Gasteiger charge is 2.33. The quantitative estimate of drug-likeness (QED) is 0.547. The van der Waals surface area contributed by atoms with Crippen molar-refractivity contribution in [3.63, 3.8) is 0 Å². The molecule has 0 saturated carbocycles. The highest BCUT2D eigenvalue weighted by Crippen LogP contribution is 2.20. The molecule has 8 heteroatoms. The smallest absolute Gasteiger partial charge is 0.329 e. The lowest BCUT2D eigenvalue weighted by Crippen LogP contribution is -2.40. The number of benzene rings is 1. The summed E-state index contributed by atoms with van der Waals surface area (Å²) in [6.07, 6.45) is -4.50. The fourth-order valence-corrected chi connectivity index (χ4v) is 2.32. The molecule has 0 unspecified atom stereocenters. The van der Waals surface area contributed by atoms with E-state index in [9.17, 15) is 22.4 Å². The molecule has 1 aromatic rings. The number of hydrogen-bond donors (Lipinski definition) is 0. The average molecular weight is 407 g/mol. The monoisotopic (exact) mass is 405 g/mol. The predicted molar refractivity (Wildman–Crippen MR) is 69.9 cm³/mol. The van der Waals surface area contributed by atoms with Gasteiger partial charge in [0.15, 0.2) is 0 Å². The third-order valence-electron chi connectivity index (χ3n) is 2.12. The van der Waals surface area contributed by atoms with Crippen LogP contribution < -0.4 is 0 Å². The summed E-state index contributed by atoms with van der Waals surface area (Å²) in [5.41, 5.74) is -0.128. The van der Waals surface area contributed by atoms with E-state index in [4.69, 9.17) is 0 Å². The molecule has 0 aliphatic heterocycles. The van der Waals surface area contributed by atoms with E-state index in [0.29, 0.717) is 9.37 Å². The zero-order valence-corrected chi connectivity index (χ0v) is 12.6. The normalized spacial score (nSPS) is 11.5. The van der Waals surface area contributed by atoms with E-state index < -0.39 is 24.4 Å². The summed E-state index contributed by atoms with van der Waals surface area (Å²) < 4.78 is 50.5. The van der Waals surface area contributed by atoms with Gasteiger partial charge in [0.1, 0.15) is 12.4 Å². The molecule has 1 amide bonds. The Hall–Kier alpha value is -0.630. The van der Waals surface area contributed by atoms with Crippen molar-refractivity contribution in [3.8, 4) is 0 Å². The van der Waals surface area contributed by atoms with Crippen LogP contribution in [-0.4, -0.2) is 35.4 Å². The lowest BCUT2D eigenvalue weighted by Gasteiger charge is -2.23. The van der Waals surface area contributed by atoms with Gasteiger partial charge in [-0.25, -0.2) is 4.39 Å². The number of carbonyl (C=O) groups excluding carboxylic acids is 1. The first-order chi connectivity index (χ1) is 8.73. The van der Waals surface area contributed by atoms with Gasteiger partial charge in [-0.1, -0.05) is 31.9 Å². The zero-order valence-electron chi connectivity index (χ0n) is 9.48. The standard InChI is InChI=1S/C11H9Br2F4NO/c12-1-2-18(6-11(15,16)17)10(19)7-3-8(13)5-9(14)4-7/h3-5H,1-2,6H2. The summed E-state index contributed by atoms with van der Waals surface area (Å²) in [7, 11) is 0. The number of hydrogen-bond acceptors (Lipinski definition) is 1. The largest absolute Gasteiger partial charge is 0.406 e. The maximum atomic E-state index is 13.1. The van der Waals surface area contributed by atoms with E-state index in [-0.39, 0.29) is 17.4 Å². The van der Waals surface area contributed by atoms with Gasteiger partial charge in [0.25, 0.3) is 5.91 Å². The first-order valence-electron chi connectivity index (χ1n) is 5.11. The van der Waals surface area contributed by atoms with Gasteiger partial charge in [-0.15, -0.1) is 0 Å². The molecular weight excluding hydrogens is 398 g/mol. The fourth-order valence-electron chi connectivity index (χ4n) is 1.43. The highest BCUT2D eigenvalue weighted by molar-refractivity contribution is 9.10. The van der Waals surface area contributed by atoms with Crippen LogP contribution in [0.4, 0.5) is 17.6 Å². The van der Waals surface area contributed by atoms with Crippen LogP contribution in [0.5, 0.6) is 0 Å². The average Bonchev–Trinajstić information content (AvgIpc) is 2.24. The van der Waals surface area contributed by atoms with E-state index in [2.05, 4.69) is 31.9 Å². The van der Waals surface area contributed by atoms with E-state index in [1.54, 1.807) is 0 Å². The van der Waals surface area contributed by atoms with Crippen LogP contribution >= 0.6 is 31.9 Å². The second kappa shape index (κ2) is 6.69. The maximum Gasteiger partial charge on any atom is 0.406 e. The Kier molecular flexibility index (Phi) is 5.79. The Morgan fingerprint density at radius 2 is 1.89 bits per heavy atom. The molecule has 0 saturated heterocycles. The fraction of sp³-hybridized carbons (Fsp3) is 0.364. The van der Waals surface area contributed by atoms with Gasteiger partial charge in [-0.05, 0) is 18.2 Å². The molecule has 0 bridgehead atoms. The molecule has 0 spiro atoms. The SMILES string of the molecule is O=C(c1cc(F)cc(Br)c1)N(CCBr)CC(F)(F)F. The molecule has 19 heavy (non-hydrogen) atoms.